The van der Waals surface area contributed by atoms with Crippen molar-refractivity contribution in [1.82, 2.24) is 19.1 Å². The van der Waals surface area contributed by atoms with Crippen LogP contribution in [0.4, 0.5) is 0 Å². The summed E-state index contributed by atoms with van der Waals surface area (Å²) in [6.07, 6.45) is 0. The van der Waals surface area contributed by atoms with Crippen LogP contribution in [-0.4, -0.2) is 24.9 Å². The number of H-pyrrole nitrogens is 1. The number of para-hydroxylation sites is 3. The number of nitrogens with one attached hydrogen (secondary N) is 2. The number of amidine groups is 1. The van der Waals surface area contributed by atoms with E-state index in [1.54, 1.807) is 0 Å². The normalized spacial score (nSPS) is 12.2. The molecule has 258 valence electrons. The molecule has 0 atom stereocenters. The van der Waals surface area contributed by atoms with Gasteiger partial charge in [-0.1, -0.05) is 115 Å². The molecule has 8 aromatic carbocycles. The third-order valence-corrected chi connectivity index (χ3v) is 10.8. The maximum atomic E-state index is 9.07. The largest absolute Gasteiger partial charge is 0.323 e. The maximum Gasteiger partial charge on any atom is 0.229 e. The van der Waals surface area contributed by atoms with Crippen LogP contribution in [0.1, 0.15) is 5.56 Å². The van der Waals surface area contributed by atoms with Gasteiger partial charge in [-0.15, -0.1) is 0 Å². The number of fused-ring (bicyclic) bond motifs is 9. The van der Waals surface area contributed by atoms with E-state index in [4.69, 9.17) is 15.4 Å². The van der Waals surface area contributed by atoms with Crippen molar-refractivity contribution in [3.05, 3.63) is 193 Å². The van der Waals surface area contributed by atoms with E-state index in [0.29, 0.717) is 11.2 Å². The van der Waals surface area contributed by atoms with E-state index in [2.05, 4.69) is 135 Å². The Bertz CT molecular complexity index is 3370. The van der Waals surface area contributed by atoms with Crippen LogP contribution in [0, 0.1) is 5.41 Å². The summed E-state index contributed by atoms with van der Waals surface area (Å²) in [6, 6.07) is 63.5. The third-order valence-electron chi connectivity index (χ3n) is 10.8. The lowest BCUT2D eigenvalue weighted by Crippen LogP contribution is -2.17. The molecule has 0 unspecified atom stereocenters. The first-order valence-corrected chi connectivity index (χ1v) is 18.4. The van der Waals surface area contributed by atoms with E-state index in [1.807, 2.05) is 60.7 Å². The molecule has 6 heteroatoms. The van der Waals surface area contributed by atoms with Crippen molar-refractivity contribution in [2.45, 2.75) is 0 Å². The van der Waals surface area contributed by atoms with Crippen molar-refractivity contribution in [2.75, 3.05) is 0 Å². The lowest BCUT2D eigenvalue weighted by atomic mass is 10.0. The zero-order valence-electron chi connectivity index (χ0n) is 29.6. The fourth-order valence-corrected chi connectivity index (χ4v) is 8.29. The Kier molecular flexibility index (Phi) is 6.91. The predicted molar refractivity (Wildman–Crippen MR) is 227 cm³/mol. The van der Waals surface area contributed by atoms with Crippen LogP contribution in [-0.2, 0) is 0 Å². The van der Waals surface area contributed by atoms with E-state index < -0.39 is 0 Å². The molecule has 0 fully saturated rings. The second kappa shape index (κ2) is 12.3. The van der Waals surface area contributed by atoms with Crippen LogP contribution in [0.15, 0.2) is 187 Å². The Morgan fingerprint density at radius 3 is 1.96 bits per heavy atom. The summed E-state index contributed by atoms with van der Waals surface area (Å²) in [5.41, 5.74) is 10.6. The summed E-state index contributed by atoms with van der Waals surface area (Å²) in [4.78, 5) is 12.9. The quantitative estimate of drug-likeness (QED) is 0.139. The molecule has 11 rings (SSSR count). The Labute approximate surface area is 315 Å². The summed E-state index contributed by atoms with van der Waals surface area (Å²) in [6.45, 7) is 0. The molecule has 6 nitrogen and oxygen atoms in total. The minimum Gasteiger partial charge on any atom is -0.323 e. The van der Waals surface area contributed by atoms with Gasteiger partial charge in [0.2, 0.25) is 5.62 Å². The molecule has 0 radical (unpaired) electrons. The van der Waals surface area contributed by atoms with E-state index in [0.717, 1.165) is 50.1 Å². The number of benzene rings is 8. The number of aromatic nitrogens is 4. The maximum absolute atomic E-state index is 9.07. The average Bonchev–Trinajstić information content (AvgIpc) is 3.75. The van der Waals surface area contributed by atoms with Crippen molar-refractivity contribution in [3.63, 3.8) is 0 Å². The minimum atomic E-state index is 0.131. The zero-order valence-corrected chi connectivity index (χ0v) is 29.6. The van der Waals surface area contributed by atoms with Crippen molar-refractivity contribution in [3.8, 4) is 22.6 Å². The molecule has 3 aromatic heterocycles. The van der Waals surface area contributed by atoms with Crippen molar-refractivity contribution in [2.24, 2.45) is 4.99 Å². The summed E-state index contributed by atoms with van der Waals surface area (Å²) < 4.78 is 4.78. The van der Waals surface area contributed by atoms with Gasteiger partial charge in [0.1, 0.15) is 0 Å². The van der Waals surface area contributed by atoms with Gasteiger partial charge in [0.05, 0.1) is 33.3 Å². The Morgan fingerprint density at radius 1 is 0.509 bits per heavy atom. The fraction of sp³-hybridized carbons (Fsp3) is 0. The highest BCUT2D eigenvalue weighted by Crippen LogP contribution is 2.43. The van der Waals surface area contributed by atoms with Gasteiger partial charge in [-0.2, -0.15) is 4.99 Å². The number of nitrogens with zero attached hydrogens (tertiary/aromatic N) is 4. The van der Waals surface area contributed by atoms with E-state index in [1.165, 1.54) is 37.8 Å². The fourth-order valence-electron chi connectivity index (χ4n) is 8.29. The standard InChI is InChI=1S/C49H32N6/c50-48(53-49-51-41-21-11-9-20-39(41)46(52-49)31-13-3-1-4-14-31)32-23-25-36(26-24-32)55-42-22-12-10-19-37(42)38-27-28-43-45(47(38)55)40-29-33-15-7-8-16-34(33)30-44(40)54(43)35-17-5-2-6-18-35/h1-30H,(H2,50,51,52,53). The molecule has 55 heavy (non-hydrogen) atoms. The smallest absolute Gasteiger partial charge is 0.229 e. The van der Waals surface area contributed by atoms with Crippen molar-refractivity contribution in [1.29, 1.82) is 5.41 Å². The number of hydrogen-bond donors (Lipinski definition) is 2. The summed E-state index contributed by atoms with van der Waals surface area (Å²) in [5.74, 6) is 0.131. The molecular weight excluding hydrogens is 673 g/mol. The number of hydrogen-bond acceptors (Lipinski definition) is 2. The highest BCUT2D eigenvalue weighted by molar-refractivity contribution is 6.27. The highest BCUT2D eigenvalue weighted by Gasteiger charge is 2.21. The molecular formula is C49H32N6. The molecule has 0 saturated carbocycles. The second-order valence-electron chi connectivity index (χ2n) is 13.9. The first-order chi connectivity index (χ1) is 27.2. The predicted octanol–water partition coefficient (Wildman–Crippen LogP) is 11.5. The Hall–Kier alpha value is -7.57. The first kappa shape index (κ1) is 31.0. The zero-order chi connectivity index (χ0) is 36.5. The van der Waals surface area contributed by atoms with Crippen LogP contribution >= 0.6 is 0 Å². The van der Waals surface area contributed by atoms with Crippen LogP contribution in [0.3, 0.4) is 0 Å². The molecule has 0 amide bonds. The molecule has 0 aliphatic carbocycles. The molecule has 0 saturated heterocycles. The van der Waals surface area contributed by atoms with Crippen LogP contribution in [0.25, 0.3) is 87.9 Å². The van der Waals surface area contributed by atoms with Crippen molar-refractivity contribution >= 4 is 71.1 Å². The SMILES string of the molecule is N=C(N=c1nc(-c2ccccc2)c2ccccc2[nH]1)c1ccc(-n2c3ccccc3c3ccc4c(c5cc6ccccc6cc5n4-c4ccccc4)c32)cc1. The van der Waals surface area contributed by atoms with Gasteiger partial charge >= 0.3 is 0 Å². The van der Waals surface area contributed by atoms with Gasteiger partial charge in [-0.25, -0.2) is 4.98 Å². The van der Waals surface area contributed by atoms with Crippen LogP contribution in [0.2, 0.25) is 0 Å². The van der Waals surface area contributed by atoms with Gasteiger partial charge in [0.25, 0.3) is 0 Å². The molecule has 0 bridgehead atoms. The number of rotatable bonds is 4. The summed E-state index contributed by atoms with van der Waals surface area (Å²) >= 11 is 0. The van der Waals surface area contributed by atoms with Crippen molar-refractivity contribution < 1.29 is 0 Å². The molecule has 11 aromatic rings. The second-order valence-corrected chi connectivity index (χ2v) is 13.9. The van der Waals surface area contributed by atoms with E-state index in [-0.39, 0.29) is 5.84 Å². The van der Waals surface area contributed by atoms with Crippen LogP contribution in [0.5, 0.6) is 0 Å². The molecule has 0 aliphatic heterocycles. The lowest BCUT2D eigenvalue weighted by Gasteiger charge is -2.11. The van der Waals surface area contributed by atoms with Gasteiger partial charge in [0.15, 0.2) is 5.84 Å². The van der Waals surface area contributed by atoms with Gasteiger partial charge in [-0.3, -0.25) is 5.41 Å². The Balaban J connectivity index is 1.11. The van der Waals surface area contributed by atoms with Gasteiger partial charge < -0.3 is 14.1 Å². The van der Waals surface area contributed by atoms with E-state index in [9.17, 15) is 0 Å². The van der Waals surface area contributed by atoms with Gasteiger partial charge in [-0.05, 0) is 77.5 Å². The third kappa shape index (κ3) is 4.92. The summed E-state index contributed by atoms with van der Waals surface area (Å²) in [7, 11) is 0. The summed E-state index contributed by atoms with van der Waals surface area (Å²) in [5, 5.41) is 17.3. The first-order valence-electron chi connectivity index (χ1n) is 18.4. The molecule has 3 heterocycles. The lowest BCUT2D eigenvalue weighted by molar-refractivity contribution is 1.05. The minimum absolute atomic E-state index is 0.131. The van der Waals surface area contributed by atoms with E-state index >= 15 is 0 Å². The van der Waals surface area contributed by atoms with Gasteiger partial charge in [0, 0.05) is 49.4 Å². The molecule has 2 N–H and O–H groups in total. The molecule has 0 spiro atoms. The average molecular weight is 705 g/mol. The Morgan fingerprint density at radius 2 is 1.16 bits per heavy atom. The molecule has 0 aliphatic rings. The highest BCUT2D eigenvalue weighted by atomic mass is 15.0. The topological polar surface area (TPSA) is 74.8 Å². The number of aromatic amines is 1. The monoisotopic (exact) mass is 704 g/mol. The van der Waals surface area contributed by atoms with Crippen LogP contribution < -0.4 is 5.62 Å².